The zero-order valence-electron chi connectivity index (χ0n) is 17.1. The molecule has 9 nitrogen and oxygen atoms in total. The summed E-state index contributed by atoms with van der Waals surface area (Å²) >= 11 is 0. The van der Waals surface area contributed by atoms with Crippen LogP contribution < -0.4 is 10.1 Å². The van der Waals surface area contributed by atoms with Crippen LogP contribution in [-0.4, -0.2) is 37.8 Å². The predicted molar refractivity (Wildman–Crippen MR) is 111 cm³/mol. The van der Waals surface area contributed by atoms with E-state index in [4.69, 9.17) is 9.26 Å². The van der Waals surface area contributed by atoms with Crippen molar-refractivity contribution in [2.24, 2.45) is 0 Å². The maximum Gasteiger partial charge on any atom is 0.261 e. The van der Waals surface area contributed by atoms with Crippen molar-refractivity contribution in [3.8, 4) is 17.2 Å². The van der Waals surface area contributed by atoms with Crippen LogP contribution in [0.15, 0.2) is 47.1 Å². The maximum absolute atomic E-state index is 12.3. The fourth-order valence-electron chi connectivity index (χ4n) is 3.45. The Balaban J connectivity index is 1.25. The number of aromatic nitrogens is 5. The summed E-state index contributed by atoms with van der Waals surface area (Å²) in [5.74, 6) is 2.97. The van der Waals surface area contributed by atoms with Gasteiger partial charge in [0.15, 0.2) is 17.3 Å². The van der Waals surface area contributed by atoms with E-state index in [9.17, 15) is 4.79 Å². The van der Waals surface area contributed by atoms with Gasteiger partial charge in [0, 0.05) is 18.5 Å². The monoisotopic (exact) mass is 418 g/mol. The summed E-state index contributed by atoms with van der Waals surface area (Å²) in [5, 5.41) is 15.5. The Morgan fingerprint density at radius 1 is 1.26 bits per heavy atom. The van der Waals surface area contributed by atoms with E-state index in [0.717, 1.165) is 35.5 Å². The van der Waals surface area contributed by atoms with Crippen molar-refractivity contribution in [1.29, 1.82) is 0 Å². The number of ether oxygens (including phenoxy) is 1. The Morgan fingerprint density at radius 3 is 3.00 bits per heavy atom. The number of pyridine rings is 1. The Hall–Kier alpha value is -3.75. The van der Waals surface area contributed by atoms with E-state index in [2.05, 4.69) is 25.7 Å². The van der Waals surface area contributed by atoms with E-state index >= 15 is 0 Å². The predicted octanol–water partition coefficient (Wildman–Crippen LogP) is 2.91. The molecule has 1 saturated carbocycles. The molecule has 31 heavy (non-hydrogen) atoms. The van der Waals surface area contributed by atoms with Gasteiger partial charge < -0.3 is 14.6 Å². The van der Waals surface area contributed by atoms with Crippen LogP contribution in [0.4, 0.5) is 0 Å². The van der Waals surface area contributed by atoms with Crippen molar-refractivity contribution in [2.75, 3.05) is 7.11 Å². The molecule has 0 spiro atoms. The molecule has 1 fully saturated rings. The van der Waals surface area contributed by atoms with Crippen LogP contribution in [0.1, 0.15) is 42.4 Å². The van der Waals surface area contributed by atoms with Crippen LogP contribution in [0.2, 0.25) is 0 Å². The lowest BCUT2D eigenvalue weighted by Crippen LogP contribution is -2.24. The fourth-order valence-corrected chi connectivity index (χ4v) is 3.45. The zero-order valence-corrected chi connectivity index (χ0v) is 17.1. The highest BCUT2D eigenvalue weighted by Crippen LogP contribution is 2.39. The first-order chi connectivity index (χ1) is 15.2. The van der Waals surface area contributed by atoms with E-state index in [0.29, 0.717) is 36.1 Å². The van der Waals surface area contributed by atoms with Crippen LogP contribution in [-0.2, 0) is 17.8 Å². The van der Waals surface area contributed by atoms with Crippen LogP contribution in [0.25, 0.3) is 17.1 Å². The molecule has 1 aromatic carbocycles. The molecule has 0 bridgehead atoms. The highest BCUT2D eigenvalue weighted by atomic mass is 16.5. The summed E-state index contributed by atoms with van der Waals surface area (Å²) in [7, 11) is 1.63. The molecule has 0 radical (unpaired) electrons. The van der Waals surface area contributed by atoms with Gasteiger partial charge in [-0.05, 0) is 49.1 Å². The molecule has 1 amide bonds. The zero-order chi connectivity index (χ0) is 21.2. The smallest absolute Gasteiger partial charge is 0.261 e. The van der Waals surface area contributed by atoms with Crippen molar-refractivity contribution < 1.29 is 14.1 Å². The molecule has 0 atom stereocenters. The second-order valence-corrected chi connectivity index (χ2v) is 7.59. The van der Waals surface area contributed by atoms with Gasteiger partial charge in [0.25, 0.3) is 5.89 Å². The van der Waals surface area contributed by atoms with E-state index in [1.807, 2.05) is 47.0 Å². The summed E-state index contributed by atoms with van der Waals surface area (Å²) in [5.41, 5.74) is 2.40. The number of hydrogen-bond donors (Lipinski definition) is 1. The summed E-state index contributed by atoms with van der Waals surface area (Å²) in [6.45, 7) is 0.277. The van der Waals surface area contributed by atoms with Gasteiger partial charge in [-0.25, -0.2) is 0 Å². The number of hydrogen-bond acceptors (Lipinski definition) is 7. The molecule has 0 unspecified atom stereocenters. The topological polar surface area (TPSA) is 107 Å². The third-order valence-corrected chi connectivity index (χ3v) is 5.34. The van der Waals surface area contributed by atoms with Gasteiger partial charge in [-0.3, -0.25) is 9.20 Å². The first-order valence-electron chi connectivity index (χ1n) is 10.3. The molecule has 158 valence electrons. The van der Waals surface area contributed by atoms with Crippen molar-refractivity contribution >= 4 is 11.6 Å². The lowest BCUT2D eigenvalue weighted by molar-refractivity contribution is -0.121. The van der Waals surface area contributed by atoms with E-state index in [-0.39, 0.29) is 12.5 Å². The number of nitrogens with one attached hydrogen (secondary N) is 1. The van der Waals surface area contributed by atoms with E-state index in [1.54, 1.807) is 7.11 Å². The number of nitrogens with zero attached hydrogens (tertiary/aromatic N) is 5. The number of rotatable bonds is 8. The van der Waals surface area contributed by atoms with Crippen LogP contribution in [0.3, 0.4) is 0 Å². The summed E-state index contributed by atoms with van der Waals surface area (Å²) < 4.78 is 12.5. The molecule has 4 aromatic rings. The third kappa shape index (κ3) is 4.11. The van der Waals surface area contributed by atoms with Crippen LogP contribution in [0.5, 0.6) is 5.75 Å². The average Bonchev–Trinajstić information content (AvgIpc) is 3.39. The molecule has 3 heterocycles. The lowest BCUT2D eigenvalue weighted by atomic mass is 10.1. The molecule has 5 rings (SSSR count). The molecule has 1 N–H and O–H groups in total. The SMILES string of the molecule is COc1cccc(CCC(=O)NCc2nnc3c(-c4nc(C5CC5)no4)cccn23)c1. The van der Waals surface area contributed by atoms with Crippen LogP contribution in [0, 0.1) is 0 Å². The molecule has 1 aliphatic carbocycles. The van der Waals surface area contributed by atoms with Crippen LogP contribution >= 0.6 is 0 Å². The van der Waals surface area contributed by atoms with E-state index in [1.165, 1.54) is 0 Å². The molecule has 0 aliphatic heterocycles. The van der Waals surface area contributed by atoms with Gasteiger partial charge in [-0.1, -0.05) is 17.3 Å². The number of methoxy groups -OCH3 is 1. The van der Waals surface area contributed by atoms with Gasteiger partial charge in [0.05, 0.1) is 19.2 Å². The molecular weight excluding hydrogens is 396 g/mol. The third-order valence-electron chi connectivity index (χ3n) is 5.34. The minimum Gasteiger partial charge on any atom is -0.497 e. The van der Waals surface area contributed by atoms with Crippen molar-refractivity contribution in [3.05, 3.63) is 59.8 Å². The number of aryl methyl sites for hydroxylation is 1. The number of fused-ring (bicyclic) bond motifs is 1. The molecule has 1 aliphatic rings. The number of carbonyl (C=O) groups excluding carboxylic acids is 1. The number of carbonyl (C=O) groups is 1. The second kappa shape index (κ2) is 8.17. The summed E-state index contributed by atoms with van der Waals surface area (Å²) in [6.07, 6.45) is 5.08. The minimum absolute atomic E-state index is 0.0540. The highest BCUT2D eigenvalue weighted by molar-refractivity contribution is 5.76. The first-order valence-corrected chi connectivity index (χ1v) is 10.3. The standard InChI is InChI=1S/C22H22N6O3/c1-30-16-5-2-4-14(12-16)7-10-19(29)23-13-18-25-26-21-17(6-3-11-28(18)21)22-24-20(27-31-22)15-8-9-15/h2-6,11-12,15H,7-10,13H2,1H3,(H,23,29). The molecule has 3 aromatic heterocycles. The normalized spacial score (nSPS) is 13.5. The Morgan fingerprint density at radius 2 is 2.16 bits per heavy atom. The maximum atomic E-state index is 12.3. The summed E-state index contributed by atoms with van der Waals surface area (Å²) in [4.78, 5) is 16.8. The Bertz CT molecular complexity index is 1230. The molecular formula is C22H22N6O3. The van der Waals surface area contributed by atoms with Gasteiger partial charge in [0.1, 0.15) is 5.75 Å². The minimum atomic E-state index is -0.0540. The average molecular weight is 418 g/mol. The van der Waals surface area contributed by atoms with Gasteiger partial charge in [0.2, 0.25) is 5.91 Å². The Labute approximate surface area is 178 Å². The number of benzene rings is 1. The molecule has 9 heteroatoms. The quantitative estimate of drug-likeness (QED) is 0.469. The first kappa shape index (κ1) is 19.2. The lowest BCUT2D eigenvalue weighted by Gasteiger charge is -2.06. The van der Waals surface area contributed by atoms with Crippen molar-refractivity contribution in [1.82, 2.24) is 30.1 Å². The van der Waals surface area contributed by atoms with Gasteiger partial charge in [-0.2, -0.15) is 4.98 Å². The largest absolute Gasteiger partial charge is 0.497 e. The fraction of sp³-hybridized carbons (Fsp3) is 0.318. The number of amides is 1. The van der Waals surface area contributed by atoms with Crippen molar-refractivity contribution in [3.63, 3.8) is 0 Å². The van der Waals surface area contributed by atoms with Gasteiger partial charge >= 0.3 is 0 Å². The second-order valence-electron chi connectivity index (χ2n) is 7.59. The highest BCUT2D eigenvalue weighted by Gasteiger charge is 2.29. The molecule has 0 saturated heterocycles. The Kier molecular flexibility index (Phi) is 5.07. The van der Waals surface area contributed by atoms with E-state index < -0.39 is 0 Å². The summed E-state index contributed by atoms with van der Waals surface area (Å²) in [6, 6.07) is 11.5. The van der Waals surface area contributed by atoms with Crippen molar-refractivity contribution in [2.45, 2.75) is 38.1 Å². The van der Waals surface area contributed by atoms with Gasteiger partial charge in [-0.15, -0.1) is 10.2 Å².